The van der Waals surface area contributed by atoms with Crippen molar-refractivity contribution in [1.29, 1.82) is 0 Å². The average Bonchev–Trinajstić information content (AvgIpc) is 2.47. The molecule has 1 N–H and O–H groups in total. The lowest BCUT2D eigenvalue weighted by molar-refractivity contribution is 0.0541. The van der Waals surface area contributed by atoms with Crippen LogP contribution >= 0.6 is 0 Å². The van der Waals surface area contributed by atoms with Crippen LogP contribution in [0.5, 0.6) is 0 Å². The van der Waals surface area contributed by atoms with E-state index in [0.29, 0.717) is 18.2 Å². The van der Waals surface area contributed by atoms with Gasteiger partial charge in [0.15, 0.2) is 0 Å². The topological polar surface area (TPSA) is 24.5 Å². The Morgan fingerprint density at radius 2 is 2.14 bits per heavy atom. The minimum Gasteiger partial charge on any atom is -0.374 e. The normalized spacial score (nSPS) is 29.8. The van der Waals surface area contributed by atoms with Crippen LogP contribution in [-0.4, -0.2) is 50.3 Å². The van der Waals surface area contributed by atoms with E-state index in [4.69, 9.17) is 4.74 Å². The van der Waals surface area contributed by atoms with Gasteiger partial charge in [-0.2, -0.15) is 0 Å². The maximum absolute atomic E-state index is 5.74. The molecule has 14 heavy (non-hydrogen) atoms. The molecule has 0 bridgehead atoms. The lowest BCUT2D eigenvalue weighted by Crippen LogP contribution is -2.39. The van der Waals surface area contributed by atoms with E-state index in [0.717, 1.165) is 13.1 Å². The second-order valence-corrected chi connectivity index (χ2v) is 4.72. The molecular weight excluding hydrogens is 176 g/mol. The van der Waals surface area contributed by atoms with Gasteiger partial charge >= 0.3 is 0 Å². The number of ether oxygens (including phenoxy) is 1. The molecule has 1 heterocycles. The van der Waals surface area contributed by atoms with Gasteiger partial charge in [-0.25, -0.2) is 0 Å². The van der Waals surface area contributed by atoms with Gasteiger partial charge in [-0.15, -0.1) is 0 Å². The maximum Gasteiger partial charge on any atom is 0.0704 e. The minimum atomic E-state index is 0.439. The fraction of sp³-hybridized carbons (Fsp3) is 1.00. The Balaban J connectivity index is 2.08. The highest BCUT2D eigenvalue weighted by Crippen LogP contribution is 2.18. The number of likely N-dealkylation sites (N-methyl/N-ethyl adjacent to an activating group) is 1. The Labute approximate surface area is 87.8 Å². The van der Waals surface area contributed by atoms with E-state index in [1.807, 2.05) is 0 Å². The lowest BCUT2D eigenvalue weighted by atomic mass is 10.2. The molecule has 3 unspecified atom stereocenters. The number of rotatable bonds is 5. The van der Waals surface area contributed by atoms with E-state index in [9.17, 15) is 0 Å². The monoisotopic (exact) mass is 200 g/mol. The average molecular weight is 200 g/mol. The van der Waals surface area contributed by atoms with Crippen molar-refractivity contribution >= 4 is 0 Å². The van der Waals surface area contributed by atoms with Gasteiger partial charge < -0.3 is 15.0 Å². The first kappa shape index (κ1) is 12.0. The minimum absolute atomic E-state index is 0.439. The molecule has 0 aromatic carbocycles. The predicted octanol–water partition coefficient (Wildman–Crippen LogP) is 1.09. The van der Waals surface area contributed by atoms with Crippen molar-refractivity contribution in [1.82, 2.24) is 10.2 Å². The van der Waals surface area contributed by atoms with Crippen molar-refractivity contribution in [2.75, 3.05) is 27.2 Å². The summed E-state index contributed by atoms with van der Waals surface area (Å²) in [5.41, 5.74) is 0. The quantitative estimate of drug-likeness (QED) is 0.719. The summed E-state index contributed by atoms with van der Waals surface area (Å²) in [5.74, 6) is 0. The van der Waals surface area contributed by atoms with Crippen molar-refractivity contribution in [3.8, 4) is 0 Å². The number of nitrogens with zero attached hydrogens (tertiary/aromatic N) is 1. The molecule has 0 spiro atoms. The van der Waals surface area contributed by atoms with Gasteiger partial charge in [0.25, 0.3) is 0 Å². The smallest absolute Gasteiger partial charge is 0.0704 e. The van der Waals surface area contributed by atoms with Crippen molar-refractivity contribution in [2.45, 2.75) is 44.9 Å². The van der Waals surface area contributed by atoms with Gasteiger partial charge in [-0.3, -0.25) is 0 Å². The standard InChI is InChI=1S/C11H24N2O/c1-9(8-13(3)4)12-7-11-6-5-10(2)14-11/h9-12H,5-8H2,1-4H3. The lowest BCUT2D eigenvalue weighted by Gasteiger charge is -2.20. The number of hydrogen-bond acceptors (Lipinski definition) is 3. The molecule has 3 heteroatoms. The summed E-state index contributed by atoms with van der Waals surface area (Å²) < 4.78 is 5.74. The van der Waals surface area contributed by atoms with Gasteiger partial charge in [0.05, 0.1) is 12.2 Å². The molecule has 1 aliphatic heterocycles. The Hall–Kier alpha value is -0.120. The van der Waals surface area contributed by atoms with Crippen LogP contribution < -0.4 is 5.32 Å². The first-order valence-corrected chi connectivity index (χ1v) is 5.61. The van der Waals surface area contributed by atoms with Crippen molar-refractivity contribution < 1.29 is 4.74 Å². The third-order valence-electron chi connectivity index (χ3n) is 2.65. The molecule has 0 aliphatic carbocycles. The highest BCUT2D eigenvalue weighted by atomic mass is 16.5. The molecule has 0 amide bonds. The summed E-state index contributed by atoms with van der Waals surface area (Å²) in [6.45, 7) is 6.46. The van der Waals surface area contributed by atoms with Gasteiger partial charge in [-0.05, 0) is 40.8 Å². The number of nitrogens with one attached hydrogen (secondary N) is 1. The molecule has 1 saturated heterocycles. The van der Waals surface area contributed by atoms with Gasteiger partial charge in [0.1, 0.15) is 0 Å². The molecule has 3 atom stereocenters. The Kier molecular flexibility index (Phi) is 4.85. The van der Waals surface area contributed by atoms with Crippen molar-refractivity contribution in [2.24, 2.45) is 0 Å². The SMILES string of the molecule is CC(CN(C)C)NCC1CCC(C)O1. The molecule has 1 rings (SSSR count). The van der Waals surface area contributed by atoms with E-state index in [1.165, 1.54) is 12.8 Å². The molecule has 0 radical (unpaired) electrons. The summed E-state index contributed by atoms with van der Waals surface area (Å²) in [6, 6.07) is 0.546. The van der Waals surface area contributed by atoms with Crippen LogP contribution in [0.2, 0.25) is 0 Å². The van der Waals surface area contributed by atoms with Crippen molar-refractivity contribution in [3.63, 3.8) is 0 Å². The molecular formula is C11H24N2O. The van der Waals surface area contributed by atoms with E-state index in [2.05, 4.69) is 38.2 Å². The Morgan fingerprint density at radius 1 is 1.43 bits per heavy atom. The number of hydrogen-bond donors (Lipinski definition) is 1. The van der Waals surface area contributed by atoms with Crippen molar-refractivity contribution in [3.05, 3.63) is 0 Å². The molecule has 0 aromatic rings. The molecule has 1 aliphatic rings. The van der Waals surface area contributed by atoms with Crippen LogP contribution in [-0.2, 0) is 4.74 Å². The summed E-state index contributed by atoms with van der Waals surface area (Å²) in [6.07, 6.45) is 3.33. The Bertz CT molecular complexity index is 161. The zero-order valence-electron chi connectivity index (χ0n) is 9.92. The maximum atomic E-state index is 5.74. The zero-order chi connectivity index (χ0) is 10.6. The highest BCUT2D eigenvalue weighted by Gasteiger charge is 2.21. The van der Waals surface area contributed by atoms with Crippen LogP contribution in [0, 0.1) is 0 Å². The third-order valence-corrected chi connectivity index (χ3v) is 2.65. The van der Waals surface area contributed by atoms with E-state index in [1.54, 1.807) is 0 Å². The highest BCUT2D eigenvalue weighted by molar-refractivity contribution is 4.74. The first-order chi connectivity index (χ1) is 6.58. The van der Waals surface area contributed by atoms with E-state index >= 15 is 0 Å². The molecule has 1 fully saturated rings. The van der Waals surface area contributed by atoms with Gasteiger partial charge in [0.2, 0.25) is 0 Å². The largest absolute Gasteiger partial charge is 0.374 e. The molecule has 84 valence electrons. The zero-order valence-corrected chi connectivity index (χ0v) is 9.92. The Morgan fingerprint density at radius 3 is 2.64 bits per heavy atom. The van der Waals surface area contributed by atoms with E-state index < -0.39 is 0 Å². The van der Waals surface area contributed by atoms with Crippen LogP contribution in [0.3, 0.4) is 0 Å². The summed E-state index contributed by atoms with van der Waals surface area (Å²) in [5, 5.41) is 3.51. The van der Waals surface area contributed by atoms with Crippen LogP contribution in [0.4, 0.5) is 0 Å². The first-order valence-electron chi connectivity index (χ1n) is 5.61. The second kappa shape index (κ2) is 5.69. The molecule has 3 nitrogen and oxygen atoms in total. The van der Waals surface area contributed by atoms with Gasteiger partial charge in [0, 0.05) is 19.1 Å². The molecule has 0 saturated carbocycles. The molecule has 0 aromatic heterocycles. The fourth-order valence-corrected chi connectivity index (χ4v) is 1.98. The van der Waals surface area contributed by atoms with Crippen LogP contribution in [0.15, 0.2) is 0 Å². The second-order valence-electron chi connectivity index (χ2n) is 4.72. The fourth-order valence-electron chi connectivity index (χ4n) is 1.98. The van der Waals surface area contributed by atoms with Crippen LogP contribution in [0.25, 0.3) is 0 Å². The third kappa shape index (κ3) is 4.40. The summed E-state index contributed by atoms with van der Waals surface area (Å²) in [7, 11) is 4.21. The predicted molar refractivity (Wildman–Crippen MR) is 59.6 cm³/mol. The van der Waals surface area contributed by atoms with Crippen LogP contribution in [0.1, 0.15) is 26.7 Å². The van der Waals surface area contributed by atoms with Gasteiger partial charge in [-0.1, -0.05) is 0 Å². The van der Waals surface area contributed by atoms with E-state index in [-0.39, 0.29) is 0 Å². The summed E-state index contributed by atoms with van der Waals surface area (Å²) >= 11 is 0. The summed E-state index contributed by atoms with van der Waals surface area (Å²) in [4.78, 5) is 2.20.